The summed E-state index contributed by atoms with van der Waals surface area (Å²) in [6.07, 6.45) is 1.26. The molecule has 7 aromatic rings. The Morgan fingerprint density at radius 3 is 2.32 bits per heavy atom. The maximum atomic E-state index is 12.9. The second-order valence-electron chi connectivity index (χ2n) is 13.4. The molecule has 2 N–H and O–H groups in total. The number of aromatic hydroxyl groups is 1. The molecule has 2 saturated heterocycles. The minimum atomic E-state index is -3.35. The third-order valence-corrected chi connectivity index (χ3v) is 12.6. The smallest absolute Gasteiger partial charge is 0.367 e. The van der Waals surface area contributed by atoms with Gasteiger partial charge in [0.25, 0.3) is 0 Å². The van der Waals surface area contributed by atoms with Crippen LogP contribution in [0.3, 0.4) is 0 Å². The first-order valence-electron chi connectivity index (χ1n) is 17.1. The minimum Gasteiger partial charge on any atom is -0.494 e. The van der Waals surface area contributed by atoms with Crippen molar-refractivity contribution < 1.29 is 37.7 Å². The van der Waals surface area contributed by atoms with Crippen molar-refractivity contribution in [2.75, 3.05) is 26.2 Å². The van der Waals surface area contributed by atoms with Gasteiger partial charge in [-0.05, 0) is 45.0 Å². The molecule has 6 heterocycles. The van der Waals surface area contributed by atoms with Gasteiger partial charge in [0, 0.05) is 45.1 Å². The van der Waals surface area contributed by atoms with E-state index in [-0.39, 0.29) is 31.7 Å². The highest BCUT2D eigenvalue weighted by Gasteiger charge is 2.65. The van der Waals surface area contributed by atoms with E-state index in [0.717, 1.165) is 59.9 Å². The number of aromatic amines is 1. The number of nitrogens with zero attached hydrogens (tertiary/aromatic N) is 2. The van der Waals surface area contributed by atoms with Crippen LogP contribution in [0.2, 0.25) is 0 Å². The van der Waals surface area contributed by atoms with Crippen molar-refractivity contribution in [3.63, 3.8) is 0 Å². The van der Waals surface area contributed by atoms with Crippen LogP contribution in [0.5, 0.6) is 11.6 Å². The molecule has 3 aliphatic rings. The van der Waals surface area contributed by atoms with Crippen LogP contribution in [0, 0.1) is 0 Å². The number of H-pyrrole nitrogens is 1. The number of rotatable bonds is 8. The van der Waals surface area contributed by atoms with Gasteiger partial charge in [0.1, 0.15) is 17.6 Å². The van der Waals surface area contributed by atoms with Crippen molar-refractivity contribution in [3.8, 4) is 11.6 Å². The van der Waals surface area contributed by atoms with E-state index in [4.69, 9.17) is 28.0 Å². The molecule has 0 saturated carbocycles. The van der Waals surface area contributed by atoms with Crippen LogP contribution in [0.1, 0.15) is 45.3 Å². The number of benzene rings is 4. The van der Waals surface area contributed by atoms with Crippen molar-refractivity contribution in [1.29, 1.82) is 0 Å². The Morgan fingerprint density at radius 1 is 0.880 bits per heavy atom. The van der Waals surface area contributed by atoms with Gasteiger partial charge in [-0.25, -0.2) is 0 Å². The lowest BCUT2D eigenvalue weighted by Gasteiger charge is -2.39. The summed E-state index contributed by atoms with van der Waals surface area (Å²) in [4.78, 5) is 3.12. The van der Waals surface area contributed by atoms with Gasteiger partial charge in [0.15, 0.2) is 24.2 Å². The van der Waals surface area contributed by atoms with Gasteiger partial charge < -0.3 is 47.2 Å². The Balaban J connectivity index is 1.10. The SMILES string of the molecule is CCOP(=O)(COc1ccc(C2OC[C@]3(C[C@H]4O[C@]3(C)n3c5ccccc5c5c6c[nH]c(O)c6c6c7ccccc7n4c6c53)O2)cc1)OCC. The average molecular weight is 694 g/mol. The van der Waals surface area contributed by atoms with Crippen LogP contribution in [0.15, 0.2) is 79.0 Å². The fraction of sp³-hybridized carbons (Fsp3) is 0.316. The molecule has 0 radical (unpaired) electrons. The van der Waals surface area contributed by atoms with Crippen molar-refractivity contribution in [2.45, 2.75) is 51.0 Å². The molecule has 1 unspecified atom stereocenters. The molecular formula is C38H36N3O8P. The van der Waals surface area contributed by atoms with Gasteiger partial charge >= 0.3 is 7.60 Å². The lowest BCUT2D eigenvalue weighted by molar-refractivity contribution is -0.194. The van der Waals surface area contributed by atoms with Gasteiger partial charge in [0.2, 0.25) is 0 Å². The average Bonchev–Trinajstić information content (AvgIpc) is 3.91. The van der Waals surface area contributed by atoms with Crippen molar-refractivity contribution in [3.05, 3.63) is 84.6 Å². The zero-order chi connectivity index (χ0) is 34.0. The van der Waals surface area contributed by atoms with E-state index in [1.165, 1.54) is 0 Å². The molecule has 11 nitrogen and oxygen atoms in total. The normalized spacial score (nSPS) is 24.6. The summed E-state index contributed by atoms with van der Waals surface area (Å²) in [5.74, 6) is 0.692. The largest absolute Gasteiger partial charge is 0.494 e. The van der Waals surface area contributed by atoms with E-state index >= 15 is 0 Å². The second kappa shape index (κ2) is 10.6. The number of aromatic nitrogens is 3. The summed E-state index contributed by atoms with van der Waals surface area (Å²) in [5, 5.41) is 17.2. The zero-order valence-electron chi connectivity index (χ0n) is 27.8. The molecule has 3 aliphatic heterocycles. The molecule has 50 heavy (non-hydrogen) atoms. The molecule has 0 aliphatic carbocycles. The summed E-state index contributed by atoms with van der Waals surface area (Å²) < 4.78 is 54.9. The van der Waals surface area contributed by atoms with Gasteiger partial charge in [-0.3, -0.25) is 4.57 Å². The third kappa shape index (κ3) is 3.90. The van der Waals surface area contributed by atoms with Crippen molar-refractivity contribution in [1.82, 2.24) is 14.1 Å². The second-order valence-corrected chi connectivity index (χ2v) is 15.4. The van der Waals surface area contributed by atoms with Crippen LogP contribution < -0.4 is 4.74 Å². The fourth-order valence-electron chi connectivity index (χ4n) is 8.75. The van der Waals surface area contributed by atoms with Crippen LogP contribution >= 0.6 is 7.60 Å². The van der Waals surface area contributed by atoms with E-state index in [2.05, 4.69) is 57.4 Å². The lowest BCUT2D eigenvalue weighted by Crippen LogP contribution is -2.52. The van der Waals surface area contributed by atoms with Crippen LogP contribution in [-0.2, 0) is 33.5 Å². The first-order valence-corrected chi connectivity index (χ1v) is 18.8. The molecule has 4 aromatic carbocycles. The quantitative estimate of drug-likeness (QED) is 0.152. The van der Waals surface area contributed by atoms with Gasteiger partial charge in [-0.1, -0.05) is 48.5 Å². The Kier molecular flexibility index (Phi) is 6.45. The zero-order valence-corrected chi connectivity index (χ0v) is 28.7. The van der Waals surface area contributed by atoms with Gasteiger partial charge in [-0.15, -0.1) is 0 Å². The first-order chi connectivity index (χ1) is 24.3. The van der Waals surface area contributed by atoms with E-state index < -0.39 is 25.2 Å². The lowest BCUT2D eigenvalue weighted by atomic mass is 9.89. The summed E-state index contributed by atoms with van der Waals surface area (Å²) in [5.41, 5.74) is 3.14. The predicted octanol–water partition coefficient (Wildman–Crippen LogP) is 8.78. The number of fused-ring (bicyclic) bond motifs is 14. The molecule has 0 amide bonds. The fourth-order valence-corrected chi connectivity index (χ4v) is 10.1. The maximum absolute atomic E-state index is 12.9. The molecule has 1 spiro atoms. The van der Waals surface area contributed by atoms with Crippen molar-refractivity contribution >= 4 is 62.0 Å². The van der Waals surface area contributed by atoms with Gasteiger partial charge in [-0.2, -0.15) is 0 Å². The Bertz CT molecular complexity index is 2540. The summed E-state index contributed by atoms with van der Waals surface area (Å²) >= 11 is 0. The Labute approximate surface area is 286 Å². The highest BCUT2D eigenvalue weighted by Crippen LogP contribution is 2.61. The van der Waals surface area contributed by atoms with Crippen LogP contribution in [-0.4, -0.2) is 51.0 Å². The monoisotopic (exact) mass is 693 g/mol. The predicted molar refractivity (Wildman–Crippen MR) is 190 cm³/mol. The Morgan fingerprint density at radius 2 is 1.58 bits per heavy atom. The van der Waals surface area contributed by atoms with Crippen LogP contribution in [0.25, 0.3) is 54.4 Å². The molecule has 2 fully saturated rings. The van der Waals surface area contributed by atoms with E-state index in [0.29, 0.717) is 18.8 Å². The number of hydrogen-bond donors (Lipinski definition) is 2. The van der Waals surface area contributed by atoms with Crippen molar-refractivity contribution in [2.24, 2.45) is 0 Å². The number of nitrogens with one attached hydrogen (secondary N) is 1. The van der Waals surface area contributed by atoms with E-state index in [1.807, 2.05) is 42.6 Å². The number of para-hydroxylation sites is 2. The first kappa shape index (κ1) is 30.5. The molecule has 3 aromatic heterocycles. The van der Waals surface area contributed by atoms with E-state index in [1.54, 1.807) is 13.8 Å². The van der Waals surface area contributed by atoms with Crippen LogP contribution in [0.4, 0.5) is 0 Å². The highest BCUT2D eigenvalue weighted by molar-refractivity contribution is 7.53. The summed E-state index contributed by atoms with van der Waals surface area (Å²) in [6, 6.07) is 24.1. The summed E-state index contributed by atoms with van der Waals surface area (Å²) in [6.45, 7) is 6.51. The summed E-state index contributed by atoms with van der Waals surface area (Å²) in [7, 11) is -3.35. The molecule has 10 rings (SSSR count). The molecule has 256 valence electrons. The van der Waals surface area contributed by atoms with E-state index in [9.17, 15) is 9.67 Å². The maximum Gasteiger partial charge on any atom is 0.367 e. The topological polar surface area (TPSA) is 118 Å². The number of ether oxygens (including phenoxy) is 4. The minimum absolute atomic E-state index is 0.157. The van der Waals surface area contributed by atoms with Gasteiger partial charge in [0.05, 0.1) is 47.3 Å². The molecular weight excluding hydrogens is 657 g/mol. The highest BCUT2D eigenvalue weighted by atomic mass is 31.2. The number of hydrogen-bond acceptors (Lipinski definition) is 8. The standard InChI is InChI=1S/C38H36N3O8P/c1-4-46-50(43,47-5-2)21-45-23-16-14-22(15-17-23)36-44-20-38(49-36)18-29-40-27-12-8-6-10-24(27)31-32-26(19-39-35(32)42)30-25-11-7-9-13-28(25)41(34(30)33(31)40)37(38,3)48-29/h6-17,19,29,36,39,42H,4-5,18,20-21H2,1-3H3/t29-,36?,37+,38+/m1/s1. The molecule has 4 atom stereocenters. The third-order valence-electron chi connectivity index (χ3n) is 10.8. The molecule has 12 heteroatoms. The molecule has 2 bridgehead atoms. The Hall–Kier alpha value is -4.35.